The lowest BCUT2D eigenvalue weighted by molar-refractivity contribution is 0.187. The molecule has 21 heavy (non-hydrogen) atoms. The molecule has 0 amide bonds. The Hall–Kier alpha value is -1.36. The Morgan fingerprint density at radius 2 is 1.76 bits per heavy atom. The van der Waals surface area contributed by atoms with Crippen LogP contribution < -0.4 is 10.6 Å². The van der Waals surface area contributed by atoms with Gasteiger partial charge in [-0.25, -0.2) is 9.97 Å². The Labute approximate surface area is 127 Å². The SMILES string of the molecule is CC(C)c1nc(N)cc(N2CCN(C3CCCC3)CC2)n1. The molecule has 0 bridgehead atoms. The van der Waals surface area contributed by atoms with E-state index in [1.807, 2.05) is 6.07 Å². The molecule has 5 heteroatoms. The highest BCUT2D eigenvalue weighted by atomic mass is 15.3. The Morgan fingerprint density at radius 3 is 2.38 bits per heavy atom. The average molecular weight is 289 g/mol. The zero-order chi connectivity index (χ0) is 14.8. The van der Waals surface area contributed by atoms with E-state index in [1.54, 1.807) is 0 Å². The summed E-state index contributed by atoms with van der Waals surface area (Å²) in [6.45, 7) is 8.60. The van der Waals surface area contributed by atoms with Gasteiger partial charge in [-0.15, -0.1) is 0 Å². The van der Waals surface area contributed by atoms with E-state index in [9.17, 15) is 0 Å². The molecule has 0 aromatic carbocycles. The quantitative estimate of drug-likeness (QED) is 0.925. The van der Waals surface area contributed by atoms with Crippen LogP contribution in [0.25, 0.3) is 0 Å². The molecule has 1 saturated carbocycles. The maximum absolute atomic E-state index is 5.94. The molecule has 3 rings (SSSR count). The lowest BCUT2D eigenvalue weighted by Crippen LogP contribution is -2.50. The van der Waals surface area contributed by atoms with Crippen LogP contribution in [-0.4, -0.2) is 47.1 Å². The molecule has 0 radical (unpaired) electrons. The van der Waals surface area contributed by atoms with Crippen molar-refractivity contribution in [1.82, 2.24) is 14.9 Å². The van der Waals surface area contributed by atoms with Gasteiger partial charge in [0.15, 0.2) is 0 Å². The predicted octanol–water partition coefficient (Wildman–Crippen LogP) is 2.25. The summed E-state index contributed by atoms with van der Waals surface area (Å²) >= 11 is 0. The van der Waals surface area contributed by atoms with Gasteiger partial charge in [0.1, 0.15) is 17.5 Å². The van der Waals surface area contributed by atoms with Crippen molar-refractivity contribution in [2.75, 3.05) is 36.8 Å². The average Bonchev–Trinajstić information content (AvgIpc) is 3.01. The van der Waals surface area contributed by atoms with Crippen molar-refractivity contribution in [3.63, 3.8) is 0 Å². The van der Waals surface area contributed by atoms with Crippen LogP contribution in [0.2, 0.25) is 0 Å². The van der Waals surface area contributed by atoms with Crippen molar-refractivity contribution in [3.05, 3.63) is 11.9 Å². The van der Waals surface area contributed by atoms with Crippen LogP contribution in [-0.2, 0) is 0 Å². The molecule has 0 unspecified atom stereocenters. The summed E-state index contributed by atoms with van der Waals surface area (Å²) in [7, 11) is 0. The summed E-state index contributed by atoms with van der Waals surface area (Å²) in [5.74, 6) is 2.74. The number of nitrogen functional groups attached to an aromatic ring is 1. The number of anilines is 2. The molecule has 0 atom stereocenters. The van der Waals surface area contributed by atoms with Crippen molar-refractivity contribution in [2.45, 2.75) is 51.5 Å². The molecule has 2 fully saturated rings. The van der Waals surface area contributed by atoms with Gasteiger partial charge in [0.25, 0.3) is 0 Å². The van der Waals surface area contributed by atoms with Gasteiger partial charge in [0.2, 0.25) is 0 Å². The van der Waals surface area contributed by atoms with E-state index in [0.29, 0.717) is 11.7 Å². The standard InChI is InChI=1S/C16H27N5/c1-12(2)16-18-14(17)11-15(19-16)21-9-7-20(8-10-21)13-5-3-4-6-13/h11-13H,3-10H2,1-2H3,(H2,17,18,19). The summed E-state index contributed by atoms with van der Waals surface area (Å²) < 4.78 is 0. The first-order valence-electron chi connectivity index (χ1n) is 8.27. The monoisotopic (exact) mass is 289 g/mol. The molecular formula is C16H27N5. The molecule has 2 heterocycles. The first-order valence-corrected chi connectivity index (χ1v) is 8.27. The largest absolute Gasteiger partial charge is 0.384 e. The van der Waals surface area contributed by atoms with Crippen LogP contribution >= 0.6 is 0 Å². The van der Waals surface area contributed by atoms with E-state index in [-0.39, 0.29) is 0 Å². The fourth-order valence-corrected chi connectivity index (χ4v) is 3.48. The number of nitrogens with two attached hydrogens (primary N) is 1. The van der Waals surface area contributed by atoms with Crippen molar-refractivity contribution in [1.29, 1.82) is 0 Å². The Bertz CT molecular complexity index is 474. The lowest BCUT2D eigenvalue weighted by atomic mass is 10.1. The summed E-state index contributed by atoms with van der Waals surface area (Å²) in [6.07, 6.45) is 5.59. The number of hydrogen-bond acceptors (Lipinski definition) is 5. The third kappa shape index (κ3) is 3.28. The van der Waals surface area contributed by atoms with E-state index in [4.69, 9.17) is 10.7 Å². The van der Waals surface area contributed by atoms with E-state index < -0.39 is 0 Å². The zero-order valence-corrected chi connectivity index (χ0v) is 13.3. The van der Waals surface area contributed by atoms with Crippen LogP contribution in [0, 0.1) is 0 Å². The fourth-order valence-electron chi connectivity index (χ4n) is 3.48. The molecule has 1 aromatic heterocycles. The summed E-state index contributed by atoms with van der Waals surface area (Å²) in [4.78, 5) is 14.1. The molecule has 1 aromatic rings. The van der Waals surface area contributed by atoms with Gasteiger partial charge < -0.3 is 10.6 Å². The molecular weight excluding hydrogens is 262 g/mol. The van der Waals surface area contributed by atoms with Gasteiger partial charge in [-0.1, -0.05) is 26.7 Å². The van der Waals surface area contributed by atoms with Crippen molar-refractivity contribution >= 4 is 11.6 Å². The maximum Gasteiger partial charge on any atom is 0.135 e. The van der Waals surface area contributed by atoms with Gasteiger partial charge in [-0.3, -0.25) is 4.90 Å². The Morgan fingerprint density at radius 1 is 1.10 bits per heavy atom. The Kier molecular flexibility index (Phi) is 4.29. The second kappa shape index (κ2) is 6.18. The lowest BCUT2D eigenvalue weighted by Gasteiger charge is -2.38. The minimum Gasteiger partial charge on any atom is -0.384 e. The first-order chi connectivity index (χ1) is 10.1. The Balaban J connectivity index is 1.66. The molecule has 1 saturated heterocycles. The second-order valence-corrected chi connectivity index (χ2v) is 6.63. The molecule has 116 valence electrons. The third-order valence-electron chi connectivity index (χ3n) is 4.75. The van der Waals surface area contributed by atoms with Crippen LogP contribution in [0.3, 0.4) is 0 Å². The summed E-state index contributed by atoms with van der Waals surface area (Å²) in [6, 6.07) is 2.74. The maximum atomic E-state index is 5.94. The van der Waals surface area contributed by atoms with E-state index in [2.05, 4.69) is 28.6 Å². The van der Waals surface area contributed by atoms with Gasteiger partial charge in [0.05, 0.1) is 0 Å². The summed E-state index contributed by atoms with van der Waals surface area (Å²) in [5.41, 5.74) is 5.94. The highest BCUT2D eigenvalue weighted by Gasteiger charge is 2.26. The van der Waals surface area contributed by atoms with Gasteiger partial charge >= 0.3 is 0 Å². The number of rotatable bonds is 3. The van der Waals surface area contributed by atoms with Gasteiger partial charge in [-0.2, -0.15) is 0 Å². The zero-order valence-electron chi connectivity index (χ0n) is 13.3. The van der Waals surface area contributed by atoms with E-state index in [1.165, 1.54) is 25.7 Å². The summed E-state index contributed by atoms with van der Waals surface area (Å²) in [5, 5.41) is 0. The molecule has 1 aliphatic carbocycles. The van der Waals surface area contributed by atoms with Crippen LogP contribution in [0.1, 0.15) is 51.3 Å². The van der Waals surface area contributed by atoms with Crippen LogP contribution in [0.5, 0.6) is 0 Å². The second-order valence-electron chi connectivity index (χ2n) is 6.63. The minimum absolute atomic E-state index is 0.312. The number of aromatic nitrogens is 2. The molecule has 2 aliphatic rings. The van der Waals surface area contributed by atoms with E-state index in [0.717, 1.165) is 43.9 Å². The number of hydrogen-bond donors (Lipinski definition) is 1. The van der Waals surface area contributed by atoms with Gasteiger partial charge in [-0.05, 0) is 12.8 Å². The molecule has 2 N–H and O–H groups in total. The minimum atomic E-state index is 0.312. The van der Waals surface area contributed by atoms with Gasteiger partial charge in [0, 0.05) is 44.2 Å². The number of nitrogens with zero attached hydrogens (tertiary/aromatic N) is 4. The highest BCUT2D eigenvalue weighted by Crippen LogP contribution is 2.26. The van der Waals surface area contributed by atoms with Crippen molar-refractivity contribution < 1.29 is 0 Å². The van der Waals surface area contributed by atoms with Crippen molar-refractivity contribution in [3.8, 4) is 0 Å². The molecule has 1 aliphatic heterocycles. The highest BCUT2D eigenvalue weighted by molar-refractivity contribution is 5.47. The smallest absolute Gasteiger partial charge is 0.135 e. The van der Waals surface area contributed by atoms with Crippen LogP contribution in [0.15, 0.2) is 6.07 Å². The van der Waals surface area contributed by atoms with Crippen LogP contribution in [0.4, 0.5) is 11.6 Å². The predicted molar refractivity (Wildman–Crippen MR) is 86.6 cm³/mol. The molecule has 0 spiro atoms. The van der Waals surface area contributed by atoms with Crippen molar-refractivity contribution in [2.24, 2.45) is 0 Å². The number of piperazine rings is 1. The molecule has 5 nitrogen and oxygen atoms in total. The topological polar surface area (TPSA) is 58.3 Å². The van der Waals surface area contributed by atoms with E-state index >= 15 is 0 Å². The normalized spacial score (nSPS) is 21.4. The fraction of sp³-hybridized carbons (Fsp3) is 0.750. The first kappa shape index (κ1) is 14.6. The third-order valence-corrected chi connectivity index (χ3v) is 4.75.